The molecule has 394 valence electrons. The molecule has 0 bridgehead atoms. The molecule has 1 aromatic rings. The Morgan fingerprint density at radius 1 is 0.507 bits per heavy atom. The Morgan fingerprint density at radius 3 is 1.30 bits per heavy atom. The lowest BCUT2D eigenvalue weighted by Gasteiger charge is -2.25. The quantitative estimate of drug-likeness (QED) is 0.0513. The molecule has 1 aromatic heterocycles. The summed E-state index contributed by atoms with van der Waals surface area (Å²) in [5, 5.41) is 11.2. The van der Waals surface area contributed by atoms with Gasteiger partial charge in [0, 0.05) is 44.2 Å². The van der Waals surface area contributed by atoms with Crippen molar-refractivity contribution in [3.05, 3.63) is 18.2 Å². The molecule has 0 amide bonds. The molecule has 67 heavy (non-hydrogen) atoms. The molecule has 0 aliphatic rings. The first-order valence-corrected chi connectivity index (χ1v) is 29.5. The number of unbranched alkanes of at least 4 members (excludes halogenated alkanes) is 26. The molecule has 1 rings (SSSR count). The first-order valence-electron chi connectivity index (χ1n) is 29.5. The summed E-state index contributed by atoms with van der Waals surface area (Å²) in [6.07, 6.45) is 49.2. The predicted molar refractivity (Wildman–Crippen MR) is 286 cm³/mol. The van der Waals surface area contributed by atoms with Crippen LogP contribution in [0.25, 0.3) is 0 Å². The summed E-state index contributed by atoms with van der Waals surface area (Å²) in [7, 11) is 0. The molecule has 0 aromatic carbocycles. The van der Waals surface area contributed by atoms with Crippen LogP contribution in [0.5, 0.6) is 0 Å². The van der Waals surface area contributed by atoms with E-state index in [1.54, 1.807) is 0 Å². The Hall–Kier alpha value is -1.93. The zero-order valence-corrected chi connectivity index (χ0v) is 45.5. The third-order valence-corrected chi connectivity index (χ3v) is 14.0. The minimum Gasteiger partial charge on any atom is -0.462 e. The van der Waals surface area contributed by atoms with Crippen molar-refractivity contribution in [3.63, 3.8) is 0 Å². The highest BCUT2D eigenvalue weighted by molar-refractivity contribution is 5.69. The van der Waals surface area contributed by atoms with Gasteiger partial charge in [0.05, 0.1) is 6.10 Å². The number of aryl methyl sites for hydroxylation is 1. The van der Waals surface area contributed by atoms with Crippen molar-refractivity contribution >= 4 is 11.9 Å². The Bertz CT molecular complexity index is 1190. The van der Waals surface area contributed by atoms with Gasteiger partial charge in [-0.05, 0) is 96.6 Å². The Morgan fingerprint density at radius 2 is 0.866 bits per heavy atom. The van der Waals surface area contributed by atoms with Crippen LogP contribution in [-0.2, 0) is 25.6 Å². The molecule has 8 heteroatoms. The summed E-state index contributed by atoms with van der Waals surface area (Å²) in [6, 6.07) is 0. The van der Waals surface area contributed by atoms with Gasteiger partial charge in [-0.2, -0.15) is 0 Å². The number of aromatic nitrogens is 2. The summed E-state index contributed by atoms with van der Waals surface area (Å²) >= 11 is 0. The number of hydrogen-bond donors (Lipinski definition) is 1. The first-order chi connectivity index (χ1) is 32.7. The van der Waals surface area contributed by atoms with Crippen molar-refractivity contribution in [1.29, 1.82) is 0 Å². The second kappa shape index (κ2) is 46.5. The number of nitrogens with zero attached hydrogens (tertiary/aromatic N) is 3. The van der Waals surface area contributed by atoms with Crippen molar-refractivity contribution in [2.45, 2.75) is 329 Å². The number of rotatable bonds is 51. The van der Waals surface area contributed by atoms with Gasteiger partial charge in [-0.1, -0.05) is 202 Å². The van der Waals surface area contributed by atoms with E-state index in [0.29, 0.717) is 25.3 Å². The number of esters is 2. The van der Waals surface area contributed by atoms with E-state index in [9.17, 15) is 14.7 Å². The second-order valence-electron chi connectivity index (χ2n) is 21.0. The van der Waals surface area contributed by atoms with Crippen LogP contribution in [0.15, 0.2) is 12.4 Å². The average molecular weight is 945 g/mol. The summed E-state index contributed by atoms with van der Waals surface area (Å²) in [5.74, 6) is 1.51. The Kier molecular flexibility index (Phi) is 43.7. The molecule has 1 atom stereocenters. The minimum atomic E-state index is -0.373. The van der Waals surface area contributed by atoms with Gasteiger partial charge in [0.1, 0.15) is 18.0 Å². The van der Waals surface area contributed by atoms with E-state index in [-0.39, 0.29) is 30.3 Å². The maximum atomic E-state index is 13.0. The summed E-state index contributed by atoms with van der Waals surface area (Å²) in [6.45, 7) is 17.0. The first kappa shape index (κ1) is 63.1. The van der Waals surface area contributed by atoms with Gasteiger partial charge in [0.15, 0.2) is 0 Å². The average Bonchev–Trinajstić information content (AvgIpc) is 3.79. The van der Waals surface area contributed by atoms with Gasteiger partial charge in [0.25, 0.3) is 0 Å². The topological polar surface area (TPSA) is 93.9 Å². The molecule has 1 heterocycles. The third-order valence-electron chi connectivity index (χ3n) is 14.0. The monoisotopic (exact) mass is 944 g/mol. The number of aliphatic hydroxyl groups excluding tert-OH is 1. The van der Waals surface area contributed by atoms with Crippen molar-refractivity contribution in [2.75, 3.05) is 19.6 Å². The van der Waals surface area contributed by atoms with Crippen molar-refractivity contribution < 1.29 is 24.2 Å². The van der Waals surface area contributed by atoms with Crippen LogP contribution in [0.4, 0.5) is 0 Å². The molecule has 0 saturated carbocycles. The van der Waals surface area contributed by atoms with Gasteiger partial charge in [-0.3, -0.25) is 9.59 Å². The van der Waals surface area contributed by atoms with Crippen molar-refractivity contribution in [3.8, 4) is 0 Å². The lowest BCUT2D eigenvalue weighted by molar-refractivity contribution is -0.151. The van der Waals surface area contributed by atoms with E-state index in [4.69, 9.17) is 9.47 Å². The van der Waals surface area contributed by atoms with Gasteiger partial charge < -0.3 is 24.0 Å². The van der Waals surface area contributed by atoms with Crippen molar-refractivity contribution in [2.24, 2.45) is 0 Å². The molecular formula is C59H113N3O5. The third kappa shape index (κ3) is 38.5. The number of hydrogen-bond acceptors (Lipinski definition) is 7. The fourth-order valence-corrected chi connectivity index (χ4v) is 9.74. The van der Waals surface area contributed by atoms with E-state index in [1.807, 2.05) is 6.20 Å². The van der Waals surface area contributed by atoms with E-state index >= 15 is 0 Å². The number of aliphatic hydroxyl groups is 1. The van der Waals surface area contributed by atoms with Gasteiger partial charge in [-0.15, -0.1) is 0 Å². The van der Waals surface area contributed by atoms with Gasteiger partial charge in [-0.25, -0.2) is 4.98 Å². The SMILES string of the molecule is CCCCCCCCC(CCCCCCCC)OC(=O)CCCCCCCN(CCCn1ccnc1C(C)C)CC(O)CCCCCC(=O)OC(CCCCCCCC)CCCCCCCC. The number of imidazole rings is 1. The molecule has 1 unspecified atom stereocenters. The lowest BCUT2D eigenvalue weighted by atomic mass is 10.0. The molecule has 0 saturated heterocycles. The van der Waals surface area contributed by atoms with Crippen LogP contribution in [0.2, 0.25) is 0 Å². The molecule has 0 aliphatic heterocycles. The van der Waals surface area contributed by atoms with Crippen LogP contribution in [0.3, 0.4) is 0 Å². The van der Waals surface area contributed by atoms with Crippen LogP contribution in [0, 0.1) is 0 Å². The van der Waals surface area contributed by atoms with Gasteiger partial charge >= 0.3 is 11.9 Å². The number of carbonyl (C=O) groups is 2. The predicted octanol–water partition coefficient (Wildman–Crippen LogP) is 17.2. The van der Waals surface area contributed by atoms with Crippen LogP contribution in [-0.4, -0.2) is 69.4 Å². The summed E-state index contributed by atoms with van der Waals surface area (Å²) in [4.78, 5) is 33.0. The molecule has 1 N–H and O–H groups in total. The van der Waals surface area contributed by atoms with Crippen molar-refractivity contribution in [1.82, 2.24) is 14.5 Å². The zero-order chi connectivity index (χ0) is 48.8. The van der Waals surface area contributed by atoms with E-state index in [0.717, 1.165) is 128 Å². The second-order valence-corrected chi connectivity index (χ2v) is 21.0. The normalized spacial score (nSPS) is 12.3. The fourth-order valence-electron chi connectivity index (χ4n) is 9.74. The lowest BCUT2D eigenvalue weighted by Crippen LogP contribution is -2.34. The maximum absolute atomic E-state index is 13.0. The molecular weight excluding hydrogens is 831 g/mol. The Labute approximate surface area is 416 Å². The highest BCUT2D eigenvalue weighted by atomic mass is 16.5. The minimum absolute atomic E-state index is 0.00632. The standard InChI is InChI=1S/C59H113N3O5/c1-7-11-15-19-24-32-41-55(42-33-25-20-16-12-8-2)66-57(64)45-36-28-23-29-38-48-61(49-39-50-62-51-47-60-59(62)53(5)6)52-54(63)40-31-30-37-46-58(65)67-56(43-34-26-21-17-13-9-3)44-35-27-22-18-14-10-4/h47,51,53-56,63H,7-46,48-50,52H2,1-6H3. The van der Waals surface area contributed by atoms with Gasteiger partial charge in [0.2, 0.25) is 0 Å². The largest absolute Gasteiger partial charge is 0.462 e. The summed E-state index contributed by atoms with van der Waals surface area (Å²) in [5.41, 5.74) is 0. The highest BCUT2D eigenvalue weighted by Gasteiger charge is 2.17. The fraction of sp³-hybridized carbons (Fsp3) is 0.915. The maximum Gasteiger partial charge on any atom is 0.306 e. The molecule has 8 nitrogen and oxygen atoms in total. The van der Waals surface area contributed by atoms with Crippen LogP contribution < -0.4 is 0 Å². The van der Waals surface area contributed by atoms with Crippen LogP contribution >= 0.6 is 0 Å². The molecule has 0 fully saturated rings. The number of carbonyl (C=O) groups excluding carboxylic acids is 2. The smallest absolute Gasteiger partial charge is 0.306 e. The van der Waals surface area contributed by atoms with Crippen LogP contribution in [0.1, 0.15) is 310 Å². The Balaban J connectivity index is 2.53. The molecule has 0 spiro atoms. The van der Waals surface area contributed by atoms with E-state index in [1.165, 1.54) is 141 Å². The van der Waals surface area contributed by atoms with E-state index < -0.39 is 0 Å². The summed E-state index contributed by atoms with van der Waals surface area (Å²) < 4.78 is 14.5. The van der Waals surface area contributed by atoms with E-state index in [2.05, 4.69) is 62.2 Å². The number of ether oxygens (including phenoxy) is 2. The highest BCUT2D eigenvalue weighted by Crippen LogP contribution is 2.21. The molecule has 0 radical (unpaired) electrons. The molecule has 0 aliphatic carbocycles. The zero-order valence-electron chi connectivity index (χ0n) is 45.5.